The number of piperidine rings is 1. The number of benzene rings is 1. The molecule has 2 fully saturated rings. The summed E-state index contributed by atoms with van der Waals surface area (Å²) in [4.78, 5) is 30.1. The minimum atomic E-state index is -0.331. The summed E-state index contributed by atoms with van der Waals surface area (Å²) < 4.78 is 4.66. The number of carbonyl (C=O) groups is 2. The van der Waals surface area contributed by atoms with Gasteiger partial charge in [0.15, 0.2) is 0 Å². The number of urea groups is 1. The van der Waals surface area contributed by atoms with Crippen molar-refractivity contribution in [3.05, 3.63) is 41.5 Å². The van der Waals surface area contributed by atoms with E-state index in [-0.39, 0.29) is 17.8 Å². The van der Waals surface area contributed by atoms with Crippen LogP contribution in [0.2, 0.25) is 0 Å². The first-order valence-electron chi connectivity index (χ1n) is 9.48. The fourth-order valence-corrected chi connectivity index (χ4v) is 3.56. The van der Waals surface area contributed by atoms with Gasteiger partial charge in [0.2, 0.25) is 0 Å². The normalized spacial score (nSPS) is 17.3. The van der Waals surface area contributed by atoms with Gasteiger partial charge in [-0.2, -0.15) is 0 Å². The number of likely N-dealkylation sites (tertiary alicyclic amines) is 1. The van der Waals surface area contributed by atoms with E-state index in [0.717, 1.165) is 24.4 Å². The third-order valence-corrected chi connectivity index (χ3v) is 5.29. The molecule has 8 nitrogen and oxygen atoms in total. The van der Waals surface area contributed by atoms with E-state index in [0.29, 0.717) is 44.6 Å². The van der Waals surface area contributed by atoms with Gasteiger partial charge in [0.1, 0.15) is 5.84 Å². The molecule has 8 heteroatoms. The molecule has 28 heavy (non-hydrogen) atoms. The number of hydrogen-bond acceptors (Lipinski definition) is 5. The lowest BCUT2D eigenvalue weighted by Gasteiger charge is -2.39. The van der Waals surface area contributed by atoms with Crippen molar-refractivity contribution in [2.45, 2.75) is 12.8 Å². The number of methoxy groups -OCH3 is 1. The molecule has 0 spiro atoms. The second kappa shape index (κ2) is 8.77. The summed E-state index contributed by atoms with van der Waals surface area (Å²) in [5, 5.41) is 7.47. The zero-order valence-corrected chi connectivity index (χ0v) is 16.2. The van der Waals surface area contributed by atoms with Crippen molar-refractivity contribution in [3.63, 3.8) is 0 Å². The second-order valence-corrected chi connectivity index (χ2v) is 7.03. The highest BCUT2D eigenvalue weighted by atomic mass is 16.5. The Morgan fingerprint density at radius 1 is 1.00 bits per heavy atom. The zero-order chi connectivity index (χ0) is 20.1. The molecule has 2 aliphatic rings. The van der Waals surface area contributed by atoms with Crippen LogP contribution in [0.1, 0.15) is 18.4 Å². The van der Waals surface area contributed by atoms with Crippen LogP contribution in [0.25, 0.3) is 0 Å². The standard InChI is InChI=1S/C20H27N5O3/c1-28-18(26)14-15-6-8-24(9-7-15)20(27)25-12-10-23(11-13-25)17-4-2-16(3-5-17)19(21)22/h2-5,14H,6-13H2,1H3,(H3,21,22). The van der Waals surface area contributed by atoms with Crippen molar-refractivity contribution < 1.29 is 14.3 Å². The molecule has 0 unspecified atom stereocenters. The number of amides is 2. The van der Waals surface area contributed by atoms with Gasteiger partial charge in [0.05, 0.1) is 7.11 Å². The Hall–Kier alpha value is -3.03. The van der Waals surface area contributed by atoms with E-state index in [1.54, 1.807) is 0 Å². The number of amidine groups is 1. The number of esters is 1. The molecule has 0 saturated carbocycles. The smallest absolute Gasteiger partial charge is 0.330 e. The number of nitrogens with two attached hydrogens (primary N) is 1. The highest BCUT2D eigenvalue weighted by molar-refractivity contribution is 5.95. The van der Waals surface area contributed by atoms with Crippen LogP contribution in [0.5, 0.6) is 0 Å². The van der Waals surface area contributed by atoms with E-state index in [1.807, 2.05) is 34.1 Å². The van der Waals surface area contributed by atoms with Crippen molar-refractivity contribution in [2.75, 3.05) is 51.3 Å². The number of carbonyl (C=O) groups excluding carboxylic acids is 2. The lowest BCUT2D eigenvalue weighted by molar-refractivity contribution is -0.134. The summed E-state index contributed by atoms with van der Waals surface area (Å²) in [6.07, 6.45) is 2.96. The van der Waals surface area contributed by atoms with Gasteiger partial charge in [-0.3, -0.25) is 5.41 Å². The number of piperazine rings is 1. The second-order valence-electron chi connectivity index (χ2n) is 7.03. The van der Waals surface area contributed by atoms with E-state index in [4.69, 9.17) is 11.1 Å². The first-order chi connectivity index (χ1) is 13.5. The Kier molecular flexibility index (Phi) is 6.18. The van der Waals surface area contributed by atoms with Crippen molar-refractivity contribution >= 4 is 23.5 Å². The molecule has 3 N–H and O–H groups in total. The van der Waals surface area contributed by atoms with Gasteiger partial charge in [-0.1, -0.05) is 5.57 Å². The molecule has 3 rings (SSSR count). The molecular formula is C20H27N5O3. The van der Waals surface area contributed by atoms with Crippen LogP contribution in [-0.4, -0.2) is 74.0 Å². The van der Waals surface area contributed by atoms with Gasteiger partial charge in [-0.15, -0.1) is 0 Å². The van der Waals surface area contributed by atoms with Crippen LogP contribution in [0.4, 0.5) is 10.5 Å². The lowest BCUT2D eigenvalue weighted by atomic mass is 10.0. The molecule has 2 heterocycles. The molecule has 0 radical (unpaired) electrons. The van der Waals surface area contributed by atoms with Gasteiger partial charge >= 0.3 is 12.0 Å². The van der Waals surface area contributed by atoms with E-state index in [2.05, 4.69) is 9.64 Å². The minimum absolute atomic E-state index is 0.0630. The van der Waals surface area contributed by atoms with Crippen LogP contribution in [-0.2, 0) is 9.53 Å². The van der Waals surface area contributed by atoms with Gasteiger partial charge in [-0.25, -0.2) is 9.59 Å². The van der Waals surface area contributed by atoms with Crippen LogP contribution in [0.3, 0.4) is 0 Å². The molecule has 0 aliphatic carbocycles. The number of ether oxygens (including phenoxy) is 1. The first-order valence-corrected chi connectivity index (χ1v) is 9.48. The maximum Gasteiger partial charge on any atom is 0.330 e. The van der Waals surface area contributed by atoms with Gasteiger partial charge in [0.25, 0.3) is 0 Å². The van der Waals surface area contributed by atoms with Gasteiger partial charge in [0, 0.05) is 56.6 Å². The third kappa shape index (κ3) is 4.62. The molecule has 0 atom stereocenters. The van der Waals surface area contributed by atoms with E-state index < -0.39 is 0 Å². The Labute approximate surface area is 165 Å². The Morgan fingerprint density at radius 3 is 2.11 bits per heavy atom. The van der Waals surface area contributed by atoms with Crippen molar-refractivity contribution in [2.24, 2.45) is 5.73 Å². The van der Waals surface area contributed by atoms with Crippen LogP contribution in [0, 0.1) is 5.41 Å². The van der Waals surface area contributed by atoms with Gasteiger partial charge in [-0.05, 0) is 37.1 Å². The van der Waals surface area contributed by atoms with Crippen molar-refractivity contribution in [1.29, 1.82) is 5.41 Å². The highest BCUT2D eigenvalue weighted by Gasteiger charge is 2.27. The van der Waals surface area contributed by atoms with E-state index in [1.165, 1.54) is 13.2 Å². The highest BCUT2D eigenvalue weighted by Crippen LogP contribution is 2.20. The van der Waals surface area contributed by atoms with E-state index in [9.17, 15) is 9.59 Å². The Morgan fingerprint density at radius 2 is 1.57 bits per heavy atom. The Balaban J connectivity index is 1.49. The number of nitrogen functional groups attached to an aromatic ring is 1. The number of nitrogens with zero attached hydrogens (tertiary/aromatic N) is 3. The molecule has 2 amide bonds. The topological polar surface area (TPSA) is 103 Å². The third-order valence-electron chi connectivity index (χ3n) is 5.29. The number of hydrogen-bond donors (Lipinski definition) is 2. The van der Waals surface area contributed by atoms with Crippen LogP contribution in [0.15, 0.2) is 35.9 Å². The van der Waals surface area contributed by atoms with Crippen molar-refractivity contribution in [3.8, 4) is 0 Å². The van der Waals surface area contributed by atoms with Crippen molar-refractivity contribution in [1.82, 2.24) is 9.80 Å². The first kappa shape index (κ1) is 19.7. The quantitative estimate of drug-likeness (QED) is 0.354. The summed E-state index contributed by atoms with van der Waals surface area (Å²) in [6, 6.07) is 7.70. The number of anilines is 1. The SMILES string of the molecule is COC(=O)C=C1CCN(C(=O)N2CCN(c3ccc(C(=N)N)cc3)CC2)CC1. The molecule has 150 valence electrons. The molecule has 0 bridgehead atoms. The number of nitrogens with one attached hydrogen (secondary N) is 1. The molecule has 2 saturated heterocycles. The fraction of sp³-hybridized carbons (Fsp3) is 0.450. The molecule has 0 aromatic heterocycles. The summed E-state index contributed by atoms with van der Waals surface area (Å²) in [6.45, 7) is 4.16. The largest absolute Gasteiger partial charge is 0.466 e. The van der Waals surface area contributed by atoms with E-state index >= 15 is 0 Å². The minimum Gasteiger partial charge on any atom is -0.466 e. The summed E-state index contributed by atoms with van der Waals surface area (Å²) in [7, 11) is 1.37. The van der Waals surface area contributed by atoms with Gasteiger partial charge < -0.3 is 25.2 Å². The maximum atomic E-state index is 12.8. The Bertz CT molecular complexity index is 757. The summed E-state index contributed by atoms with van der Waals surface area (Å²) in [5.74, 6) is -0.268. The van der Waals surface area contributed by atoms with Crippen LogP contribution < -0.4 is 10.6 Å². The monoisotopic (exact) mass is 385 g/mol. The molecule has 2 aliphatic heterocycles. The zero-order valence-electron chi connectivity index (χ0n) is 16.2. The molecule has 1 aromatic carbocycles. The average Bonchev–Trinajstić information content (AvgIpc) is 2.74. The summed E-state index contributed by atoms with van der Waals surface area (Å²) >= 11 is 0. The maximum absolute atomic E-state index is 12.8. The predicted molar refractivity (Wildman–Crippen MR) is 108 cm³/mol. The fourth-order valence-electron chi connectivity index (χ4n) is 3.56. The van der Waals surface area contributed by atoms with Crippen LogP contribution >= 0.6 is 0 Å². The predicted octanol–water partition coefficient (Wildman–Crippen LogP) is 1.41. The average molecular weight is 385 g/mol. The summed E-state index contributed by atoms with van der Waals surface area (Å²) in [5.41, 5.74) is 8.32. The lowest BCUT2D eigenvalue weighted by Crippen LogP contribution is -2.53. The molecule has 1 aromatic rings. The molecular weight excluding hydrogens is 358 g/mol. The number of rotatable bonds is 3.